The first-order valence-corrected chi connectivity index (χ1v) is 20.2. The molecule has 0 spiro atoms. The summed E-state index contributed by atoms with van der Waals surface area (Å²) >= 11 is 0. The van der Waals surface area contributed by atoms with Crippen LogP contribution in [0.4, 0.5) is 0 Å². The van der Waals surface area contributed by atoms with Crippen molar-refractivity contribution >= 4 is 11.8 Å². The molecule has 3 aromatic carbocycles. The van der Waals surface area contributed by atoms with E-state index in [0.717, 1.165) is 73.2 Å². The molecule has 1 heterocycles. The van der Waals surface area contributed by atoms with Gasteiger partial charge in [0.05, 0.1) is 38.1 Å². The van der Waals surface area contributed by atoms with Crippen molar-refractivity contribution in [3.8, 4) is 5.75 Å². The molecule has 0 aromatic heterocycles. The van der Waals surface area contributed by atoms with E-state index in [9.17, 15) is 24.9 Å². The quantitative estimate of drug-likeness (QED) is 0.142. The van der Waals surface area contributed by atoms with Crippen LogP contribution in [0.25, 0.3) is 0 Å². The maximum Gasteiger partial charge on any atom is 0.254 e. The zero-order chi connectivity index (χ0) is 39.6. The van der Waals surface area contributed by atoms with Gasteiger partial charge in [-0.3, -0.25) is 14.5 Å². The molecule has 0 bridgehead atoms. The van der Waals surface area contributed by atoms with E-state index in [1.165, 1.54) is 0 Å². The Morgan fingerprint density at radius 2 is 1.58 bits per heavy atom. The minimum Gasteiger partial charge on any atom is -0.475 e. The number of aryl methyl sites for hydroxylation is 2. The van der Waals surface area contributed by atoms with Crippen LogP contribution in [0.3, 0.4) is 0 Å². The molecule has 0 radical (unpaired) electrons. The molecular formula is C45H63N3O7. The summed E-state index contributed by atoms with van der Waals surface area (Å²) in [5, 5.41) is 31.5. The SMILES string of the molecule is CCC1(N(CCO)C(=O)c2ccccc2CCC(O)Cc2ccc(C)cc2C(=O)N(CCO)C(C)(C)c2ccc(OC(C)N3CCOCC3)cc2)CCCC1. The van der Waals surface area contributed by atoms with Gasteiger partial charge in [-0.1, -0.05) is 67.8 Å². The van der Waals surface area contributed by atoms with Crippen molar-refractivity contribution in [1.82, 2.24) is 14.7 Å². The molecule has 1 aliphatic heterocycles. The lowest BCUT2D eigenvalue weighted by Gasteiger charge is -2.41. The summed E-state index contributed by atoms with van der Waals surface area (Å²) in [5.41, 5.74) is 3.51. The highest BCUT2D eigenvalue weighted by Crippen LogP contribution is 2.39. The van der Waals surface area contributed by atoms with Gasteiger partial charge in [0.2, 0.25) is 0 Å². The summed E-state index contributed by atoms with van der Waals surface area (Å²) in [5.74, 6) is 0.454. The number of rotatable bonds is 18. The molecule has 3 N–H and O–H groups in total. The minimum absolute atomic E-state index is 0.0643. The summed E-state index contributed by atoms with van der Waals surface area (Å²) < 4.78 is 11.7. The maximum atomic E-state index is 14.5. The van der Waals surface area contributed by atoms with Gasteiger partial charge in [-0.15, -0.1) is 0 Å². The van der Waals surface area contributed by atoms with E-state index < -0.39 is 11.6 Å². The maximum absolute atomic E-state index is 14.5. The van der Waals surface area contributed by atoms with Crippen LogP contribution in [0.15, 0.2) is 66.7 Å². The third kappa shape index (κ3) is 10.1. The molecule has 55 heavy (non-hydrogen) atoms. The number of hydrogen-bond donors (Lipinski definition) is 3. The van der Waals surface area contributed by atoms with Crippen molar-refractivity contribution in [1.29, 1.82) is 0 Å². The van der Waals surface area contributed by atoms with Crippen molar-refractivity contribution in [3.05, 3.63) is 100 Å². The molecule has 2 amide bonds. The van der Waals surface area contributed by atoms with Gasteiger partial charge in [0.1, 0.15) is 12.0 Å². The largest absolute Gasteiger partial charge is 0.475 e. The molecule has 2 unspecified atom stereocenters. The minimum atomic E-state index is -0.775. The summed E-state index contributed by atoms with van der Waals surface area (Å²) in [4.78, 5) is 34.4. The molecule has 3 aromatic rings. The molecule has 5 rings (SSSR count). The van der Waals surface area contributed by atoms with Gasteiger partial charge in [-0.2, -0.15) is 0 Å². The number of carbonyl (C=O) groups is 2. The first-order valence-electron chi connectivity index (χ1n) is 20.2. The van der Waals surface area contributed by atoms with Gasteiger partial charge in [-0.25, -0.2) is 0 Å². The van der Waals surface area contributed by atoms with Crippen LogP contribution in [0.1, 0.15) is 109 Å². The van der Waals surface area contributed by atoms with Gasteiger partial charge >= 0.3 is 0 Å². The number of ether oxygens (including phenoxy) is 2. The average molecular weight is 758 g/mol. The van der Waals surface area contributed by atoms with Crippen LogP contribution in [0, 0.1) is 6.92 Å². The Hall–Kier alpha value is -3.80. The van der Waals surface area contributed by atoms with Crippen LogP contribution in [0.5, 0.6) is 5.75 Å². The van der Waals surface area contributed by atoms with E-state index in [1.54, 1.807) is 4.90 Å². The standard InChI is InChI=1S/C45H63N3O7/c1-6-45(21-9-10-22-45)48(24-28-50)42(52)40-12-8-7-11-35(40)15-18-38(51)32-36-14-13-33(2)31-41(36)43(53)47(23-27-49)44(4,5)37-16-19-39(20-17-37)55-34(3)46-25-29-54-30-26-46/h7-8,11-14,16-17,19-20,31,34,38,49-51H,6,9-10,15,18,21-30,32H2,1-5H3. The fraction of sp³-hybridized carbons (Fsp3) is 0.556. The lowest BCUT2D eigenvalue weighted by molar-refractivity contribution is -0.0373. The highest BCUT2D eigenvalue weighted by molar-refractivity contribution is 5.97. The van der Waals surface area contributed by atoms with Crippen molar-refractivity contribution in [2.75, 3.05) is 52.6 Å². The summed E-state index contributed by atoms with van der Waals surface area (Å²) in [6.07, 6.45) is 5.16. The molecule has 1 saturated heterocycles. The van der Waals surface area contributed by atoms with Crippen LogP contribution >= 0.6 is 0 Å². The Kier molecular flexibility index (Phi) is 14.9. The third-order valence-corrected chi connectivity index (χ3v) is 12.0. The van der Waals surface area contributed by atoms with E-state index in [4.69, 9.17) is 9.47 Å². The summed E-state index contributed by atoms with van der Waals surface area (Å²) in [6, 6.07) is 21.1. The summed E-state index contributed by atoms with van der Waals surface area (Å²) in [6.45, 7) is 13.2. The Labute approximate surface area is 328 Å². The predicted octanol–water partition coefficient (Wildman–Crippen LogP) is 6.12. The van der Waals surface area contributed by atoms with Crippen molar-refractivity contribution in [2.24, 2.45) is 0 Å². The monoisotopic (exact) mass is 757 g/mol. The number of morpholine rings is 1. The third-order valence-electron chi connectivity index (χ3n) is 12.0. The lowest BCUT2D eigenvalue weighted by atomic mass is 9.89. The van der Waals surface area contributed by atoms with E-state index in [2.05, 4.69) is 11.8 Å². The molecule has 10 heteroatoms. The van der Waals surface area contributed by atoms with Gasteiger partial charge in [0.15, 0.2) is 0 Å². The zero-order valence-corrected chi connectivity index (χ0v) is 33.6. The Morgan fingerprint density at radius 1 is 0.909 bits per heavy atom. The second kappa shape index (κ2) is 19.4. The normalized spacial score (nSPS) is 17.1. The molecule has 2 aliphatic rings. The first kappa shape index (κ1) is 42.3. The molecule has 2 fully saturated rings. The number of benzene rings is 3. The topological polar surface area (TPSA) is 123 Å². The lowest BCUT2D eigenvalue weighted by Crippen LogP contribution is -2.51. The van der Waals surface area contributed by atoms with E-state index in [0.29, 0.717) is 43.7 Å². The van der Waals surface area contributed by atoms with Gasteiger partial charge in [-0.05, 0) is 107 Å². The highest BCUT2D eigenvalue weighted by Gasteiger charge is 2.41. The van der Waals surface area contributed by atoms with Crippen molar-refractivity contribution in [2.45, 2.75) is 109 Å². The molecule has 10 nitrogen and oxygen atoms in total. The second-order valence-electron chi connectivity index (χ2n) is 15.8. The number of nitrogens with zero attached hydrogens (tertiary/aromatic N) is 3. The smallest absolute Gasteiger partial charge is 0.254 e. The van der Waals surface area contributed by atoms with Gasteiger partial charge in [0.25, 0.3) is 11.8 Å². The fourth-order valence-electron chi connectivity index (χ4n) is 8.53. The van der Waals surface area contributed by atoms with Gasteiger partial charge in [0, 0.05) is 42.8 Å². The number of carbonyl (C=O) groups excluding carboxylic acids is 2. The summed E-state index contributed by atoms with van der Waals surface area (Å²) in [7, 11) is 0. The van der Waals surface area contributed by atoms with Gasteiger partial charge < -0.3 is 34.6 Å². The molecule has 2 atom stereocenters. The predicted molar refractivity (Wildman–Crippen MR) is 215 cm³/mol. The Morgan fingerprint density at radius 3 is 2.24 bits per heavy atom. The number of amides is 2. The highest BCUT2D eigenvalue weighted by atomic mass is 16.5. The zero-order valence-electron chi connectivity index (χ0n) is 33.6. The Bertz CT molecular complexity index is 1700. The second-order valence-corrected chi connectivity index (χ2v) is 15.8. The van der Waals surface area contributed by atoms with E-state index in [-0.39, 0.29) is 49.8 Å². The Balaban J connectivity index is 1.30. The van der Waals surface area contributed by atoms with Crippen LogP contribution in [-0.4, -0.2) is 112 Å². The molecular weight excluding hydrogens is 695 g/mol. The average Bonchev–Trinajstić information content (AvgIpc) is 3.69. The molecule has 300 valence electrons. The molecule has 1 saturated carbocycles. The van der Waals surface area contributed by atoms with Crippen LogP contribution in [-0.2, 0) is 23.1 Å². The number of hydrogen-bond acceptors (Lipinski definition) is 8. The fourth-order valence-corrected chi connectivity index (χ4v) is 8.53. The van der Waals surface area contributed by atoms with Crippen LogP contribution < -0.4 is 4.74 Å². The van der Waals surface area contributed by atoms with E-state index in [1.807, 2.05) is 99.3 Å². The number of aliphatic hydroxyl groups excluding tert-OH is 3. The first-order chi connectivity index (χ1) is 26.4. The van der Waals surface area contributed by atoms with Crippen molar-refractivity contribution in [3.63, 3.8) is 0 Å². The van der Waals surface area contributed by atoms with Crippen LogP contribution in [0.2, 0.25) is 0 Å². The number of β-amino-alcohol motifs (C(OH)–C–C–N with tert-alkyl or cyclic N) is 1. The van der Waals surface area contributed by atoms with Crippen molar-refractivity contribution < 1.29 is 34.4 Å². The number of aliphatic hydroxyl groups is 3. The molecule has 1 aliphatic carbocycles. The van der Waals surface area contributed by atoms with E-state index >= 15 is 0 Å².